The molecule has 1 N–H and O–H groups in total. The van der Waals surface area contributed by atoms with Crippen molar-refractivity contribution >= 4 is 23.2 Å². The van der Waals surface area contributed by atoms with Crippen molar-refractivity contribution in [3.05, 3.63) is 24.4 Å². The lowest BCUT2D eigenvalue weighted by Crippen LogP contribution is -2.39. The van der Waals surface area contributed by atoms with Gasteiger partial charge in [-0.3, -0.25) is 4.79 Å². The number of hydrogen-bond donors (Lipinski definition) is 1. The minimum atomic E-state index is -0.0000501. The molecule has 1 amide bonds. The summed E-state index contributed by atoms with van der Waals surface area (Å²) in [6.07, 6.45) is 8.11. The summed E-state index contributed by atoms with van der Waals surface area (Å²) in [4.78, 5) is 15.0. The van der Waals surface area contributed by atoms with E-state index in [0.29, 0.717) is 11.7 Å². The van der Waals surface area contributed by atoms with E-state index in [1.165, 1.54) is 17.5 Å². The molecule has 0 spiro atoms. The van der Waals surface area contributed by atoms with Crippen LogP contribution in [-0.4, -0.2) is 54.0 Å². The molecule has 0 bridgehead atoms. The first-order valence-corrected chi connectivity index (χ1v) is 9.93. The Kier molecular flexibility index (Phi) is 4.38. The number of hydrogen-bond acceptors (Lipinski definition) is 7. The molecule has 3 aromatic heterocycles. The number of carbonyl (C=O) groups is 1. The van der Waals surface area contributed by atoms with Gasteiger partial charge in [0.25, 0.3) is 0 Å². The minimum absolute atomic E-state index is 0.0000501. The highest BCUT2D eigenvalue weighted by molar-refractivity contribution is 5.92. The Morgan fingerprint density at radius 3 is 2.71 bits per heavy atom. The van der Waals surface area contributed by atoms with Gasteiger partial charge in [-0.15, -0.1) is 14.8 Å². The molecule has 4 heterocycles. The normalized spacial score (nSPS) is 18.8. The number of rotatable bonds is 4. The minimum Gasteiger partial charge on any atom is -0.355 e. The highest BCUT2D eigenvalue weighted by Crippen LogP contribution is 2.31. The van der Waals surface area contributed by atoms with Gasteiger partial charge in [-0.05, 0) is 48.2 Å². The van der Waals surface area contributed by atoms with Crippen LogP contribution < -0.4 is 10.2 Å². The molecule has 1 saturated carbocycles. The molecule has 5 rings (SSSR count). The summed E-state index contributed by atoms with van der Waals surface area (Å²) >= 11 is 0. The average molecular weight is 381 g/mol. The zero-order valence-corrected chi connectivity index (χ0v) is 15.6. The fourth-order valence-corrected chi connectivity index (χ4v) is 4.26. The Morgan fingerprint density at radius 1 is 1.07 bits per heavy atom. The van der Waals surface area contributed by atoms with E-state index in [1.807, 2.05) is 22.9 Å². The SMILES string of the molecule is O=C(Nc1ccnn1C1CCCC1)C1CCN(c2ccc3nnnn3n2)CC1. The Bertz CT molecular complexity index is 966. The first kappa shape index (κ1) is 17.1. The van der Waals surface area contributed by atoms with Gasteiger partial charge >= 0.3 is 0 Å². The quantitative estimate of drug-likeness (QED) is 0.733. The molecule has 28 heavy (non-hydrogen) atoms. The first-order valence-electron chi connectivity index (χ1n) is 9.93. The Hall–Kier alpha value is -3.04. The maximum Gasteiger partial charge on any atom is 0.228 e. The molecule has 10 nitrogen and oxygen atoms in total. The van der Waals surface area contributed by atoms with Gasteiger partial charge in [-0.2, -0.15) is 5.10 Å². The van der Waals surface area contributed by atoms with Crippen LogP contribution in [0.4, 0.5) is 11.6 Å². The predicted octanol–water partition coefficient (Wildman–Crippen LogP) is 1.69. The topological polar surface area (TPSA) is 106 Å². The molecule has 0 radical (unpaired) electrons. The van der Waals surface area contributed by atoms with Crippen LogP contribution in [0.5, 0.6) is 0 Å². The molecule has 1 aliphatic carbocycles. The monoisotopic (exact) mass is 381 g/mol. The average Bonchev–Trinajstić information content (AvgIpc) is 3.48. The number of piperidine rings is 1. The maximum absolute atomic E-state index is 12.8. The molecule has 1 aliphatic heterocycles. The van der Waals surface area contributed by atoms with Gasteiger partial charge in [0, 0.05) is 25.1 Å². The van der Waals surface area contributed by atoms with Gasteiger partial charge in [0.15, 0.2) is 11.5 Å². The van der Waals surface area contributed by atoms with Crippen LogP contribution in [0, 0.1) is 5.92 Å². The molecular formula is C18H23N9O. The lowest BCUT2D eigenvalue weighted by molar-refractivity contribution is -0.120. The highest BCUT2D eigenvalue weighted by Gasteiger charge is 2.27. The van der Waals surface area contributed by atoms with Crippen molar-refractivity contribution in [2.75, 3.05) is 23.3 Å². The summed E-state index contributed by atoms with van der Waals surface area (Å²) in [6, 6.07) is 6.09. The number of tetrazole rings is 1. The summed E-state index contributed by atoms with van der Waals surface area (Å²) in [5.41, 5.74) is 0.622. The van der Waals surface area contributed by atoms with E-state index in [-0.39, 0.29) is 11.8 Å². The van der Waals surface area contributed by atoms with Crippen molar-refractivity contribution in [1.82, 2.24) is 35.0 Å². The number of aromatic nitrogens is 7. The second-order valence-electron chi connectivity index (χ2n) is 7.57. The Labute approximate surface area is 161 Å². The van der Waals surface area contributed by atoms with Crippen molar-refractivity contribution < 1.29 is 4.79 Å². The van der Waals surface area contributed by atoms with Crippen LogP contribution >= 0.6 is 0 Å². The molecule has 1 saturated heterocycles. The van der Waals surface area contributed by atoms with Gasteiger partial charge < -0.3 is 10.2 Å². The smallest absolute Gasteiger partial charge is 0.228 e. The molecule has 3 aromatic rings. The van der Waals surface area contributed by atoms with Crippen molar-refractivity contribution in [3.8, 4) is 0 Å². The standard InChI is InChI=1S/C18H23N9O/c28-18(20-15-7-10-19-26(15)14-3-1-2-4-14)13-8-11-25(12-9-13)17-6-5-16-21-23-24-27(16)22-17/h5-7,10,13-14H,1-4,8-9,11-12H2,(H,20,28). The van der Waals surface area contributed by atoms with E-state index in [0.717, 1.165) is 50.4 Å². The first-order chi connectivity index (χ1) is 13.8. The molecule has 0 unspecified atom stereocenters. The number of nitrogens with zero attached hydrogens (tertiary/aromatic N) is 8. The van der Waals surface area contributed by atoms with Crippen molar-refractivity contribution in [2.45, 2.75) is 44.6 Å². The van der Waals surface area contributed by atoms with Gasteiger partial charge in [0.05, 0.1) is 12.2 Å². The third-order valence-electron chi connectivity index (χ3n) is 5.84. The lowest BCUT2D eigenvalue weighted by Gasteiger charge is -2.32. The van der Waals surface area contributed by atoms with Crippen LogP contribution in [0.3, 0.4) is 0 Å². The lowest BCUT2D eigenvalue weighted by atomic mass is 9.96. The fraction of sp³-hybridized carbons (Fsp3) is 0.556. The largest absolute Gasteiger partial charge is 0.355 e. The van der Waals surface area contributed by atoms with Crippen LogP contribution in [0.2, 0.25) is 0 Å². The second-order valence-corrected chi connectivity index (χ2v) is 7.57. The molecule has 2 fully saturated rings. The number of carbonyl (C=O) groups excluding carboxylic acids is 1. The Balaban J connectivity index is 1.21. The summed E-state index contributed by atoms with van der Waals surface area (Å²) < 4.78 is 3.42. The molecular weight excluding hydrogens is 358 g/mol. The van der Waals surface area contributed by atoms with Crippen molar-refractivity contribution in [2.24, 2.45) is 5.92 Å². The molecule has 0 aromatic carbocycles. The van der Waals surface area contributed by atoms with Crippen LogP contribution in [0.25, 0.3) is 5.65 Å². The molecule has 10 heteroatoms. The summed E-state index contributed by atoms with van der Waals surface area (Å²) in [7, 11) is 0. The van der Waals surface area contributed by atoms with Crippen molar-refractivity contribution in [1.29, 1.82) is 0 Å². The Morgan fingerprint density at radius 2 is 1.89 bits per heavy atom. The van der Waals surface area contributed by atoms with Crippen molar-refractivity contribution in [3.63, 3.8) is 0 Å². The number of nitrogens with one attached hydrogen (secondary N) is 1. The maximum atomic E-state index is 12.8. The van der Waals surface area contributed by atoms with E-state index in [4.69, 9.17) is 0 Å². The summed E-state index contributed by atoms with van der Waals surface area (Å²) in [5, 5.41) is 23.3. The van der Waals surface area contributed by atoms with Gasteiger partial charge in [-0.25, -0.2) is 4.68 Å². The van der Waals surface area contributed by atoms with Crippen LogP contribution in [-0.2, 0) is 4.79 Å². The van der Waals surface area contributed by atoms with E-state index >= 15 is 0 Å². The third kappa shape index (κ3) is 3.19. The van der Waals surface area contributed by atoms with Gasteiger partial charge in [-0.1, -0.05) is 12.8 Å². The van der Waals surface area contributed by atoms with E-state index < -0.39 is 0 Å². The van der Waals surface area contributed by atoms with Gasteiger partial charge in [0.2, 0.25) is 5.91 Å². The number of fused-ring (bicyclic) bond motifs is 1. The van der Waals surface area contributed by atoms with Crippen LogP contribution in [0.15, 0.2) is 24.4 Å². The zero-order chi connectivity index (χ0) is 18.9. The molecule has 0 atom stereocenters. The number of anilines is 2. The summed E-state index contributed by atoms with van der Waals surface area (Å²) in [5.74, 6) is 1.74. The highest BCUT2D eigenvalue weighted by atomic mass is 16.2. The predicted molar refractivity (Wildman–Crippen MR) is 102 cm³/mol. The molecule has 2 aliphatic rings. The van der Waals surface area contributed by atoms with Crippen LogP contribution in [0.1, 0.15) is 44.6 Å². The second kappa shape index (κ2) is 7.17. The van der Waals surface area contributed by atoms with E-state index in [2.05, 4.69) is 35.9 Å². The summed E-state index contributed by atoms with van der Waals surface area (Å²) in [6.45, 7) is 1.56. The van der Waals surface area contributed by atoms with E-state index in [9.17, 15) is 4.79 Å². The number of amides is 1. The van der Waals surface area contributed by atoms with E-state index in [1.54, 1.807) is 6.20 Å². The third-order valence-corrected chi connectivity index (χ3v) is 5.84. The fourth-order valence-electron chi connectivity index (χ4n) is 4.26. The zero-order valence-electron chi connectivity index (χ0n) is 15.6. The van der Waals surface area contributed by atoms with Gasteiger partial charge in [0.1, 0.15) is 5.82 Å². The molecule has 146 valence electrons.